The Hall–Kier alpha value is -3.80. The summed E-state index contributed by atoms with van der Waals surface area (Å²) in [6.07, 6.45) is 4.38. The minimum absolute atomic E-state index is 0. The number of fused-ring (bicyclic) bond motifs is 1. The fraction of sp³-hybridized carbons (Fsp3) is 0.440. The third-order valence-corrected chi connectivity index (χ3v) is 7.50. The Morgan fingerprint density at radius 2 is 2.02 bits per heavy atom. The largest absolute Gasteiger partial charge is 0.383 e. The maximum absolute atomic E-state index is 13.2. The van der Waals surface area contributed by atoms with Crippen molar-refractivity contribution >= 4 is 57.8 Å². The summed E-state index contributed by atoms with van der Waals surface area (Å²) < 4.78 is 22.9. The number of anilines is 3. The summed E-state index contributed by atoms with van der Waals surface area (Å²) >= 11 is 0. The van der Waals surface area contributed by atoms with E-state index in [2.05, 4.69) is 20.6 Å². The first kappa shape index (κ1) is 30.7. The van der Waals surface area contributed by atoms with Crippen molar-refractivity contribution in [1.29, 1.82) is 5.26 Å². The number of piperazine rings is 1. The highest BCUT2D eigenvalue weighted by molar-refractivity contribution is 7.90. The second-order valence-corrected chi connectivity index (χ2v) is 11.9. The van der Waals surface area contributed by atoms with Crippen LogP contribution in [-0.2, 0) is 27.6 Å². The van der Waals surface area contributed by atoms with E-state index in [9.17, 15) is 28.1 Å². The molecular weight excluding hydrogens is 560 g/mol. The van der Waals surface area contributed by atoms with E-state index in [1.807, 2.05) is 24.1 Å². The normalized spacial score (nSPS) is 15.5. The standard InChI is InChI=1S/C25H30N8O5S.ClH/c1-31-7-8-32(23(35)15-31)14-18-10-17-4-3-6-33(24(17)29-21(18)16-34)25(36)30-22-11-20(19(12-26)13-28-22)27-5-9-39(2,37)38;/h10-11,13,16H,3-9,14-15H2,1-2H3,(H2,27,28,30,36);1H. The Balaban J connectivity index is 0.00000441. The zero-order valence-electron chi connectivity index (χ0n) is 22.2. The fourth-order valence-corrected chi connectivity index (χ4v) is 4.96. The predicted molar refractivity (Wildman–Crippen MR) is 152 cm³/mol. The molecule has 2 aromatic rings. The van der Waals surface area contributed by atoms with E-state index in [1.165, 1.54) is 17.2 Å². The second-order valence-electron chi connectivity index (χ2n) is 9.66. The van der Waals surface area contributed by atoms with Crippen molar-refractivity contribution in [1.82, 2.24) is 19.8 Å². The number of rotatable bonds is 8. The molecule has 0 spiro atoms. The van der Waals surface area contributed by atoms with Gasteiger partial charge in [0, 0.05) is 56.8 Å². The Morgan fingerprint density at radius 3 is 2.70 bits per heavy atom. The number of aryl methyl sites for hydroxylation is 1. The van der Waals surface area contributed by atoms with E-state index in [0.29, 0.717) is 55.8 Å². The summed E-state index contributed by atoms with van der Waals surface area (Å²) in [6, 6.07) is 4.78. The van der Waals surface area contributed by atoms with Gasteiger partial charge in [-0.3, -0.25) is 24.7 Å². The van der Waals surface area contributed by atoms with Crippen LogP contribution in [0.15, 0.2) is 18.3 Å². The second kappa shape index (κ2) is 13.0. The van der Waals surface area contributed by atoms with Crippen LogP contribution >= 0.6 is 12.4 Å². The number of likely N-dealkylation sites (N-methyl/N-ethyl adjacent to an activating group) is 1. The molecule has 2 N–H and O–H groups in total. The number of carbonyl (C=O) groups is 3. The Morgan fingerprint density at radius 1 is 1.25 bits per heavy atom. The molecule has 0 aliphatic carbocycles. The van der Waals surface area contributed by atoms with Gasteiger partial charge in [-0.25, -0.2) is 23.2 Å². The molecule has 0 saturated carbocycles. The topological polar surface area (TPSA) is 169 Å². The minimum atomic E-state index is -3.20. The number of halogens is 1. The molecule has 0 aromatic carbocycles. The highest BCUT2D eigenvalue weighted by Crippen LogP contribution is 2.29. The number of urea groups is 1. The van der Waals surface area contributed by atoms with E-state index in [4.69, 9.17) is 0 Å². The molecule has 2 aromatic heterocycles. The lowest BCUT2D eigenvalue weighted by atomic mass is 10.0. The highest BCUT2D eigenvalue weighted by Gasteiger charge is 2.28. The molecule has 15 heteroatoms. The van der Waals surface area contributed by atoms with Gasteiger partial charge in [0.25, 0.3) is 0 Å². The molecule has 0 atom stereocenters. The average molecular weight is 591 g/mol. The van der Waals surface area contributed by atoms with Crippen LogP contribution in [0.5, 0.6) is 0 Å². The summed E-state index contributed by atoms with van der Waals surface area (Å²) in [4.78, 5) is 51.3. The molecule has 3 amide bonds. The molecule has 40 heavy (non-hydrogen) atoms. The van der Waals surface area contributed by atoms with Crippen LogP contribution in [0.1, 0.15) is 33.6 Å². The van der Waals surface area contributed by atoms with Gasteiger partial charge in [0.1, 0.15) is 33.2 Å². The number of aromatic nitrogens is 2. The Bertz CT molecular complexity index is 1450. The van der Waals surface area contributed by atoms with Gasteiger partial charge < -0.3 is 10.2 Å². The number of nitriles is 1. The number of hydrogen-bond donors (Lipinski definition) is 2. The van der Waals surface area contributed by atoms with Crippen LogP contribution in [0.3, 0.4) is 0 Å². The lowest BCUT2D eigenvalue weighted by Crippen LogP contribution is -2.48. The quantitative estimate of drug-likeness (QED) is 0.427. The summed E-state index contributed by atoms with van der Waals surface area (Å²) in [5.41, 5.74) is 2.16. The van der Waals surface area contributed by atoms with Crippen LogP contribution < -0.4 is 15.5 Å². The van der Waals surface area contributed by atoms with Crippen LogP contribution in [0, 0.1) is 11.3 Å². The van der Waals surface area contributed by atoms with Crippen LogP contribution in [0.4, 0.5) is 22.1 Å². The van der Waals surface area contributed by atoms with Gasteiger partial charge in [-0.2, -0.15) is 5.26 Å². The zero-order chi connectivity index (χ0) is 28.2. The smallest absolute Gasteiger partial charge is 0.328 e. The lowest BCUT2D eigenvalue weighted by Gasteiger charge is -2.33. The average Bonchev–Trinajstić information content (AvgIpc) is 2.89. The predicted octanol–water partition coefficient (Wildman–Crippen LogP) is 1.30. The number of amides is 3. The minimum Gasteiger partial charge on any atom is -0.383 e. The van der Waals surface area contributed by atoms with Crippen molar-refractivity contribution in [3.05, 3.63) is 40.7 Å². The van der Waals surface area contributed by atoms with Crippen LogP contribution in [0.25, 0.3) is 0 Å². The van der Waals surface area contributed by atoms with E-state index in [1.54, 1.807) is 4.90 Å². The summed E-state index contributed by atoms with van der Waals surface area (Å²) in [6.45, 7) is 2.36. The van der Waals surface area contributed by atoms with Crippen LogP contribution in [-0.4, -0.2) is 98.2 Å². The Labute approximate surface area is 238 Å². The molecule has 214 valence electrons. The van der Waals surface area contributed by atoms with Crippen molar-refractivity contribution in [3.8, 4) is 6.07 Å². The number of nitrogens with zero attached hydrogens (tertiary/aromatic N) is 6. The molecule has 0 radical (unpaired) electrons. The number of aldehydes is 1. The molecule has 13 nitrogen and oxygen atoms in total. The molecule has 2 aliphatic rings. The van der Waals surface area contributed by atoms with Gasteiger partial charge in [-0.15, -0.1) is 12.4 Å². The van der Waals surface area contributed by atoms with Crippen molar-refractivity contribution in [2.45, 2.75) is 19.4 Å². The maximum atomic E-state index is 13.2. The molecule has 1 saturated heterocycles. The van der Waals surface area contributed by atoms with E-state index < -0.39 is 15.9 Å². The number of nitrogens with one attached hydrogen (secondary N) is 2. The van der Waals surface area contributed by atoms with Gasteiger partial charge in [0.05, 0.1) is 23.5 Å². The van der Waals surface area contributed by atoms with Gasteiger partial charge in [-0.05, 0) is 31.5 Å². The summed E-state index contributed by atoms with van der Waals surface area (Å²) in [5, 5.41) is 15.0. The first-order valence-corrected chi connectivity index (χ1v) is 14.5. The third-order valence-electron chi connectivity index (χ3n) is 6.55. The first-order valence-electron chi connectivity index (χ1n) is 12.4. The van der Waals surface area contributed by atoms with E-state index in [-0.39, 0.29) is 54.2 Å². The lowest BCUT2D eigenvalue weighted by molar-refractivity contribution is -0.136. The number of pyridine rings is 2. The van der Waals surface area contributed by atoms with Gasteiger partial charge in [0.2, 0.25) is 5.91 Å². The van der Waals surface area contributed by atoms with Crippen molar-refractivity contribution in [3.63, 3.8) is 0 Å². The highest BCUT2D eigenvalue weighted by atomic mass is 35.5. The third kappa shape index (κ3) is 7.44. The van der Waals surface area contributed by atoms with Crippen LogP contribution in [0.2, 0.25) is 0 Å². The Kier molecular flexibility index (Phi) is 10.0. The molecule has 2 aliphatic heterocycles. The fourth-order valence-electron chi connectivity index (χ4n) is 4.49. The molecule has 1 fully saturated rings. The number of hydrogen-bond acceptors (Lipinski definition) is 10. The SMILES string of the molecule is CN1CCN(Cc2cc3c(nc2C=O)N(C(=O)Nc2cc(NCCS(C)(=O)=O)c(C#N)cn2)CCC3)C(=O)C1.Cl. The molecule has 0 unspecified atom stereocenters. The van der Waals surface area contributed by atoms with Gasteiger partial charge in [0.15, 0.2) is 6.29 Å². The molecule has 0 bridgehead atoms. The summed E-state index contributed by atoms with van der Waals surface area (Å²) in [7, 11) is -1.31. The maximum Gasteiger partial charge on any atom is 0.328 e. The van der Waals surface area contributed by atoms with Crippen molar-refractivity contribution in [2.75, 3.05) is 67.3 Å². The summed E-state index contributed by atoms with van der Waals surface area (Å²) in [5.74, 6) is 0.393. The molecule has 4 heterocycles. The van der Waals surface area contributed by atoms with Gasteiger partial charge in [-0.1, -0.05) is 0 Å². The van der Waals surface area contributed by atoms with Crippen molar-refractivity contribution in [2.24, 2.45) is 0 Å². The monoisotopic (exact) mass is 590 g/mol. The van der Waals surface area contributed by atoms with E-state index >= 15 is 0 Å². The van der Waals surface area contributed by atoms with Crippen molar-refractivity contribution < 1.29 is 22.8 Å². The number of carbonyl (C=O) groups excluding carboxylic acids is 3. The zero-order valence-corrected chi connectivity index (χ0v) is 23.8. The molecular formula is C25H31ClN8O5S. The molecule has 4 rings (SSSR count). The van der Waals surface area contributed by atoms with Gasteiger partial charge >= 0.3 is 6.03 Å². The van der Waals surface area contributed by atoms with E-state index in [0.717, 1.165) is 18.4 Å². The first-order chi connectivity index (χ1) is 18.6. The number of sulfone groups is 1.